The Morgan fingerprint density at radius 2 is 1.82 bits per heavy atom. The van der Waals surface area contributed by atoms with Crippen molar-refractivity contribution in [1.82, 2.24) is 0 Å². The zero-order chi connectivity index (χ0) is 8.54. The van der Waals surface area contributed by atoms with Gasteiger partial charge in [-0.1, -0.05) is 27.2 Å². The first-order chi connectivity index (χ1) is 4.97. The lowest BCUT2D eigenvalue weighted by Gasteiger charge is -2.44. The summed E-state index contributed by atoms with van der Waals surface area (Å²) in [6, 6.07) is 0. The molecular formula is C10H19Cl. The fourth-order valence-electron chi connectivity index (χ4n) is 2.16. The van der Waals surface area contributed by atoms with Crippen LogP contribution in [0.3, 0.4) is 0 Å². The third-order valence-electron chi connectivity index (χ3n) is 2.60. The molecule has 0 bridgehead atoms. The number of hydrogen-bond donors (Lipinski definition) is 0. The molecule has 11 heavy (non-hydrogen) atoms. The van der Waals surface area contributed by atoms with Crippen molar-refractivity contribution in [3.8, 4) is 0 Å². The molecule has 0 atom stereocenters. The topological polar surface area (TPSA) is 0 Å². The average molecular weight is 175 g/mol. The normalized spacial score (nSPS) is 22.9. The number of alkyl halides is 1. The van der Waals surface area contributed by atoms with Crippen LogP contribution in [-0.4, -0.2) is 5.88 Å². The highest BCUT2D eigenvalue weighted by Crippen LogP contribution is 2.49. The van der Waals surface area contributed by atoms with Gasteiger partial charge in [0.15, 0.2) is 0 Å². The van der Waals surface area contributed by atoms with E-state index in [0.29, 0.717) is 10.8 Å². The second kappa shape index (κ2) is 2.97. The molecule has 1 aliphatic carbocycles. The van der Waals surface area contributed by atoms with E-state index in [1.54, 1.807) is 0 Å². The minimum Gasteiger partial charge on any atom is -0.126 e. The van der Waals surface area contributed by atoms with Crippen LogP contribution in [0.5, 0.6) is 0 Å². The zero-order valence-corrected chi connectivity index (χ0v) is 8.67. The summed E-state index contributed by atoms with van der Waals surface area (Å²) in [4.78, 5) is 0. The van der Waals surface area contributed by atoms with Gasteiger partial charge in [-0.25, -0.2) is 0 Å². The molecule has 0 aliphatic heterocycles. The Morgan fingerprint density at radius 1 is 1.27 bits per heavy atom. The maximum absolute atomic E-state index is 5.97. The van der Waals surface area contributed by atoms with E-state index in [9.17, 15) is 0 Å². The van der Waals surface area contributed by atoms with Gasteiger partial charge in [0.05, 0.1) is 0 Å². The second-order valence-electron chi connectivity index (χ2n) is 5.22. The van der Waals surface area contributed by atoms with E-state index in [4.69, 9.17) is 11.6 Å². The molecule has 1 fully saturated rings. The molecule has 1 rings (SSSR count). The number of rotatable bonds is 2. The Kier molecular flexibility index (Phi) is 2.53. The summed E-state index contributed by atoms with van der Waals surface area (Å²) in [6.07, 6.45) is 5.40. The summed E-state index contributed by atoms with van der Waals surface area (Å²) in [5.41, 5.74) is 0.967. The Morgan fingerprint density at radius 3 is 1.91 bits per heavy atom. The molecule has 0 aromatic rings. The van der Waals surface area contributed by atoms with Crippen LogP contribution in [-0.2, 0) is 0 Å². The van der Waals surface area contributed by atoms with Crippen molar-refractivity contribution in [3.63, 3.8) is 0 Å². The Hall–Kier alpha value is 0.290. The Labute approximate surface area is 75.3 Å². The molecule has 1 aliphatic rings. The van der Waals surface area contributed by atoms with Crippen molar-refractivity contribution in [1.29, 1.82) is 0 Å². The predicted octanol–water partition coefficient (Wildman–Crippen LogP) is 3.83. The fourth-order valence-corrected chi connectivity index (χ4v) is 2.52. The van der Waals surface area contributed by atoms with Gasteiger partial charge in [-0.2, -0.15) is 0 Å². The first kappa shape index (κ1) is 9.38. The minimum absolute atomic E-state index is 0.454. The minimum atomic E-state index is 0.454. The van der Waals surface area contributed by atoms with Crippen molar-refractivity contribution in [2.24, 2.45) is 10.8 Å². The van der Waals surface area contributed by atoms with E-state index in [1.165, 1.54) is 25.7 Å². The van der Waals surface area contributed by atoms with Gasteiger partial charge in [-0.3, -0.25) is 0 Å². The standard InChI is InChI=1S/C10H19Cl/c1-9(2,3)7-10(8-11)5-4-6-10/h4-8H2,1-3H3. The quantitative estimate of drug-likeness (QED) is 0.559. The van der Waals surface area contributed by atoms with Gasteiger partial charge in [0.1, 0.15) is 0 Å². The maximum Gasteiger partial charge on any atom is 0.0280 e. The lowest BCUT2D eigenvalue weighted by molar-refractivity contribution is 0.0959. The molecule has 0 heterocycles. The monoisotopic (exact) mass is 174 g/mol. The molecule has 1 heteroatoms. The molecule has 0 aromatic heterocycles. The largest absolute Gasteiger partial charge is 0.126 e. The molecular weight excluding hydrogens is 156 g/mol. The molecule has 1 saturated carbocycles. The van der Waals surface area contributed by atoms with E-state index >= 15 is 0 Å². The van der Waals surface area contributed by atoms with Crippen LogP contribution in [0.4, 0.5) is 0 Å². The zero-order valence-electron chi connectivity index (χ0n) is 7.91. The first-order valence-corrected chi connectivity index (χ1v) is 5.07. The second-order valence-corrected chi connectivity index (χ2v) is 5.49. The van der Waals surface area contributed by atoms with Gasteiger partial charge in [-0.05, 0) is 30.1 Å². The van der Waals surface area contributed by atoms with Crippen LogP contribution >= 0.6 is 11.6 Å². The summed E-state index contributed by atoms with van der Waals surface area (Å²) in [5.74, 6) is 0.865. The smallest absolute Gasteiger partial charge is 0.0280 e. The van der Waals surface area contributed by atoms with Gasteiger partial charge < -0.3 is 0 Å². The summed E-state index contributed by atoms with van der Waals surface area (Å²) < 4.78 is 0. The van der Waals surface area contributed by atoms with E-state index in [1.807, 2.05) is 0 Å². The lowest BCUT2D eigenvalue weighted by atomic mass is 9.63. The highest BCUT2D eigenvalue weighted by atomic mass is 35.5. The SMILES string of the molecule is CC(C)(C)CC1(CCl)CCC1. The maximum atomic E-state index is 5.97. The van der Waals surface area contributed by atoms with Crippen molar-refractivity contribution in [3.05, 3.63) is 0 Å². The average Bonchev–Trinajstić information content (AvgIpc) is 1.77. The van der Waals surface area contributed by atoms with E-state index in [-0.39, 0.29) is 0 Å². The highest BCUT2D eigenvalue weighted by Gasteiger charge is 2.38. The van der Waals surface area contributed by atoms with E-state index in [2.05, 4.69) is 20.8 Å². The van der Waals surface area contributed by atoms with Gasteiger partial charge in [0, 0.05) is 5.88 Å². The molecule has 0 amide bonds. The third-order valence-corrected chi connectivity index (χ3v) is 3.17. The lowest BCUT2D eigenvalue weighted by Crippen LogP contribution is -2.35. The summed E-state index contributed by atoms with van der Waals surface area (Å²) in [7, 11) is 0. The first-order valence-electron chi connectivity index (χ1n) is 4.54. The van der Waals surface area contributed by atoms with Crippen LogP contribution in [0.2, 0.25) is 0 Å². The molecule has 0 unspecified atom stereocenters. The molecule has 0 N–H and O–H groups in total. The van der Waals surface area contributed by atoms with Gasteiger partial charge in [0.2, 0.25) is 0 Å². The number of hydrogen-bond acceptors (Lipinski definition) is 0. The fraction of sp³-hybridized carbons (Fsp3) is 1.00. The summed E-state index contributed by atoms with van der Waals surface area (Å²) in [6.45, 7) is 6.92. The van der Waals surface area contributed by atoms with Gasteiger partial charge >= 0.3 is 0 Å². The molecule has 0 aromatic carbocycles. The van der Waals surface area contributed by atoms with E-state index in [0.717, 1.165) is 5.88 Å². The third kappa shape index (κ3) is 2.37. The molecule has 0 radical (unpaired) electrons. The van der Waals surface area contributed by atoms with Crippen molar-refractivity contribution < 1.29 is 0 Å². The number of halogens is 1. The van der Waals surface area contributed by atoms with Crippen LogP contribution in [0, 0.1) is 10.8 Å². The highest BCUT2D eigenvalue weighted by molar-refractivity contribution is 6.18. The Bertz CT molecular complexity index is 123. The molecule has 0 nitrogen and oxygen atoms in total. The molecule has 0 saturated heterocycles. The Balaban J connectivity index is 2.45. The van der Waals surface area contributed by atoms with Crippen LogP contribution in [0.15, 0.2) is 0 Å². The van der Waals surface area contributed by atoms with Crippen LogP contribution in [0.25, 0.3) is 0 Å². The summed E-state index contributed by atoms with van der Waals surface area (Å²) >= 11 is 5.97. The molecule has 0 spiro atoms. The van der Waals surface area contributed by atoms with Crippen molar-refractivity contribution in [2.45, 2.75) is 46.5 Å². The predicted molar refractivity (Wildman–Crippen MR) is 51.1 cm³/mol. The van der Waals surface area contributed by atoms with E-state index < -0.39 is 0 Å². The summed E-state index contributed by atoms with van der Waals surface area (Å²) in [5, 5.41) is 0. The van der Waals surface area contributed by atoms with Crippen molar-refractivity contribution in [2.75, 3.05) is 5.88 Å². The van der Waals surface area contributed by atoms with Gasteiger partial charge in [0.25, 0.3) is 0 Å². The van der Waals surface area contributed by atoms with Crippen molar-refractivity contribution >= 4 is 11.6 Å². The van der Waals surface area contributed by atoms with Gasteiger partial charge in [-0.15, -0.1) is 11.6 Å². The molecule has 66 valence electrons. The van der Waals surface area contributed by atoms with Crippen LogP contribution < -0.4 is 0 Å². The van der Waals surface area contributed by atoms with Crippen LogP contribution in [0.1, 0.15) is 46.5 Å².